The second kappa shape index (κ2) is 11.7. The van der Waals surface area contributed by atoms with Crippen molar-refractivity contribution >= 4 is 35.2 Å². The minimum absolute atomic E-state index is 0.0973. The van der Waals surface area contributed by atoms with Crippen LogP contribution in [0.3, 0.4) is 0 Å². The molecule has 2 amide bonds. The summed E-state index contributed by atoms with van der Waals surface area (Å²) in [5.74, 6) is 0.743. The monoisotopic (exact) mass is 434 g/mol. The summed E-state index contributed by atoms with van der Waals surface area (Å²) in [6.07, 6.45) is 0.845. The Morgan fingerprint density at radius 3 is 2.38 bits per heavy atom. The summed E-state index contributed by atoms with van der Waals surface area (Å²) in [6, 6.07) is 14.3. The van der Waals surface area contributed by atoms with Crippen LogP contribution in [0.15, 0.2) is 53.4 Å². The lowest BCUT2D eigenvalue weighted by Crippen LogP contribution is -2.48. The number of hydrogen-bond donors (Lipinski definition) is 1. The zero-order chi connectivity index (χ0) is 21.2. The third-order valence-electron chi connectivity index (χ3n) is 4.40. The van der Waals surface area contributed by atoms with Gasteiger partial charge in [-0.05, 0) is 55.3 Å². The molecule has 0 bridgehead atoms. The second-order valence-electron chi connectivity index (χ2n) is 6.58. The van der Waals surface area contributed by atoms with Crippen molar-refractivity contribution in [3.63, 3.8) is 0 Å². The van der Waals surface area contributed by atoms with Crippen LogP contribution in [0.5, 0.6) is 5.75 Å². The number of nitrogens with zero attached hydrogens (tertiary/aromatic N) is 1. The van der Waals surface area contributed by atoms with Crippen LogP contribution < -0.4 is 10.1 Å². The number of rotatable bonds is 10. The molecule has 29 heavy (non-hydrogen) atoms. The van der Waals surface area contributed by atoms with Gasteiger partial charge >= 0.3 is 0 Å². The zero-order valence-corrected chi connectivity index (χ0v) is 18.6. The SMILES string of the molecule is CCCNC(=O)C(C)N(Cc1ccc(OC)cc1)C(=O)CSc1ccc(Cl)cc1. The van der Waals surface area contributed by atoms with Crippen LogP contribution in [0, 0.1) is 0 Å². The third kappa shape index (κ3) is 7.29. The van der Waals surface area contributed by atoms with Crippen molar-refractivity contribution in [1.82, 2.24) is 10.2 Å². The molecule has 7 heteroatoms. The van der Waals surface area contributed by atoms with Gasteiger partial charge in [-0.3, -0.25) is 9.59 Å². The third-order valence-corrected chi connectivity index (χ3v) is 5.65. The first-order valence-corrected chi connectivity index (χ1v) is 10.9. The largest absolute Gasteiger partial charge is 0.497 e. The van der Waals surface area contributed by atoms with E-state index in [1.807, 2.05) is 43.3 Å². The summed E-state index contributed by atoms with van der Waals surface area (Å²) in [6.45, 7) is 4.70. The summed E-state index contributed by atoms with van der Waals surface area (Å²) < 4.78 is 5.19. The first-order valence-electron chi connectivity index (χ1n) is 9.53. The Hall–Kier alpha value is -2.18. The first kappa shape index (κ1) is 23.1. The number of thioether (sulfide) groups is 1. The molecule has 1 unspecified atom stereocenters. The predicted molar refractivity (Wildman–Crippen MR) is 118 cm³/mol. The highest BCUT2D eigenvalue weighted by Crippen LogP contribution is 2.22. The van der Waals surface area contributed by atoms with Crippen LogP contribution in [0.4, 0.5) is 0 Å². The molecule has 2 aromatic carbocycles. The summed E-state index contributed by atoms with van der Waals surface area (Å²) >= 11 is 7.34. The Morgan fingerprint density at radius 2 is 1.79 bits per heavy atom. The predicted octanol–water partition coefficient (Wildman–Crippen LogP) is 4.38. The van der Waals surface area contributed by atoms with Crippen molar-refractivity contribution in [3.8, 4) is 5.75 Å². The van der Waals surface area contributed by atoms with Crippen LogP contribution in [0.2, 0.25) is 5.02 Å². The van der Waals surface area contributed by atoms with Gasteiger partial charge in [-0.2, -0.15) is 0 Å². The summed E-state index contributed by atoms with van der Waals surface area (Å²) in [5, 5.41) is 3.53. The standard InChI is InChI=1S/C22H27ClN2O3S/c1-4-13-24-22(27)16(2)25(14-17-5-9-19(28-3)10-6-17)21(26)15-29-20-11-7-18(23)8-12-20/h5-12,16H,4,13-15H2,1-3H3,(H,24,27). The highest BCUT2D eigenvalue weighted by Gasteiger charge is 2.26. The molecule has 0 radical (unpaired) electrons. The van der Waals surface area contributed by atoms with Gasteiger partial charge in [0.1, 0.15) is 11.8 Å². The van der Waals surface area contributed by atoms with E-state index in [0.717, 1.165) is 22.6 Å². The maximum atomic E-state index is 13.0. The minimum atomic E-state index is -0.568. The molecular formula is C22H27ClN2O3S. The number of halogens is 1. The number of methoxy groups -OCH3 is 1. The van der Waals surface area contributed by atoms with Crippen LogP contribution in [-0.2, 0) is 16.1 Å². The van der Waals surface area contributed by atoms with Crippen LogP contribution in [0.25, 0.3) is 0 Å². The van der Waals surface area contributed by atoms with Gasteiger partial charge in [-0.15, -0.1) is 11.8 Å². The molecular weight excluding hydrogens is 408 g/mol. The number of ether oxygens (including phenoxy) is 1. The number of benzene rings is 2. The number of carbonyl (C=O) groups is 2. The second-order valence-corrected chi connectivity index (χ2v) is 8.06. The molecule has 2 rings (SSSR count). The lowest BCUT2D eigenvalue weighted by Gasteiger charge is -2.28. The van der Waals surface area contributed by atoms with Crippen molar-refractivity contribution in [2.24, 2.45) is 0 Å². The number of amides is 2. The molecule has 1 N–H and O–H groups in total. The fraction of sp³-hybridized carbons (Fsp3) is 0.364. The maximum Gasteiger partial charge on any atom is 0.242 e. The zero-order valence-electron chi connectivity index (χ0n) is 17.0. The van der Waals surface area contributed by atoms with E-state index in [9.17, 15) is 9.59 Å². The average Bonchev–Trinajstić information content (AvgIpc) is 2.75. The Bertz CT molecular complexity index is 797. The lowest BCUT2D eigenvalue weighted by molar-refractivity contribution is -0.138. The van der Waals surface area contributed by atoms with Gasteiger partial charge in [0.05, 0.1) is 12.9 Å². The number of nitrogens with one attached hydrogen (secondary N) is 1. The smallest absolute Gasteiger partial charge is 0.242 e. The molecule has 0 saturated heterocycles. The quantitative estimate of drug-likeness (QED) is 0.563. The molecule has 2 aromatic rings. The Balaban J connectivity index is 2.11. The molecule has 1 atom stereocenters. The maximum absolute atomic E-state index is 13.0. The molecule has 0 saturated carbocycles. The normalized spacial score (nSPS) is 11.6. The molecule has 0 spiro atoms. The number of carbonyl (C=O) groups excluding carboxylic acids is 2. The fourth-order valence-electron chi connectivity index (χ4n) is 2.66. The van der Waals surface area contributed by atoms with E-state index < -0.39 is 6.04 Å². The van der Waals surface area contributed by atoms with Crippen LogP contribution in [-0.4, -0.2) is 42.2 Å². The average molecular weight is 435 g/mol. The van der Waals surface area contributed by atoms with Crippen molar-refractivity contribution in [3.05, 3.63) is 59.1 Å². The highest BCUT2D eigenvalue weighted by molar-refractivity contribution is 8.00. The van der Waals surface area contributed by atoms with E-state index in [1.165, 1.54) is 11.8 Å². The Kier molecular flexibility index (Phi) is 9.35. The van der Waals surface area contributed by atoms with E-state index in [2.05, 4.69) is 5.32 Å². The van der Waals surface area contributed by atoms with E-state index in [0.29, 0.717) is 18.1 Å². The summed E-state index contributed by atoms with van der Waals surface area (Å²) in [7, 11) is 1.61. The highest BCUT2D eigenvalue weighted by atomic mass is 35.5. The van der Waals surface area contributed by atoms with Gasteiger partial charge < -0.3 is 15.0 Å². The lowest BCUT2D eigenvalue weighted by atomic mass is 10.1. The van der Waals surface area contributed by atoms with Gasteiger partial charge in [0.15, 0.2) is 0 Å². The van der Waals surface area contributed by atoms with Crippen molar-refractivity contribution in [1.29, 1.82) is 0 Å². The van der Waals surface area contributed by atoms with E-state index >= 15 is 0 Å². The Labute approximate surface area is 181 Å². The molecule has 0 aliphatic rings. The number of hydrogen-bond acceptors (Lipinski definition) is 4. The van der Waals surface area contributed by atoms with E-state index in [-0.39, 0.29) is 17.6 Å². The molecule has 156 valence electrons. The van der Waals surface area contributed by atoms with Gasteiger partial charge in [-0.25, -0.2) is 0 Å². The topological polar surface area (TPSA) is 58.6 Å². The van der Waals surface area contributed by atoms with Crippen LogP contribution in [0.1, 0.15) is 25.8 Å². The van der Waals surface area contributed by atoms with Gasteiger partial charge in [0.2, 0.25) is 11.8 Å². The molecule has 0 aliphatic carbocycles. The molecule has 0 heterocycles. The van der Waals surface area contributed by atoms with Gasteiger partial charge in [0, 0.05) is 23.0 Å². The molecule has 0 aliphatic heterocycles. The van der Waals surface area contributed by atoms with E-state index in [4.69, 9.17) is 16.3 Å². The van der Waals surface area contributed by atoms with Gasteiger partial charge in [-0.1, -0.05) is 30.7 Å². The van der Waals surface area contributed by atoms with Crippen molar-refractivity contribution in [2.45, 2.75) is 37.8 Å². The minimum Gasteiger partial charge on any atom is -0.497 e. The fourth-order valence-corrected chi connectivity index (χ4v) is 3.58. The molecule has 0 fully saturated rings. The van der Waals surface area contributed by atoms with Crippen molar-refractivity contribution < 1.29 is 14.3 Å². The van der Waals surface area contributed by atoms with E-state index in [1.54, 1.807) is 31.1 Å². The summed E-state index contributed by atoms with van der Waals surface area (Å²) in [5.41, 5.74) is 0.936. The molecule has 5 nitrogen and oxygen atoms in total. The van der Waals surface area contributed by atoms with Crippen LogP contribution >= 0.6 is 23.4 Å². The summed E-state index contributed by atoms with van der Waals surface area (Å²) in [4.78, 5) is 28.1. The first-order chi connectivity index (χ1) is 13.9. The van der Waals surface area contributed by atoms with Crippen molar-refractivity contribution in [2.75, 3.05) is 19.4 Å². The Morgan fingerprint density at radius 1 is 1.14 bits per heavy atom. The molecule has 0 aromatic heterocycles. The van der Waals surface area contributed by atoms with Gasteiger partial charge in [0.25, 0.3) is 0 Å².